The summed E-state index contributed by atoms with van der Waals surface area (Å²) in [6, 6.07) is 16.9. The molecule has 0 bridgehead atoms. The van der Waals surface area contributed by atoms with Gasteiger partial charge in [0.05, 0.1) is 17.6 Å². The highest BCUT2D eigenvalue weighted by Crippen LogP contribution is 2.29. The maximum Gasteiger partial charge on any atom is 0.416 e. The Morgan fingerprint density at radius 3 is 2.21 bits per heavy atom. The molecule has 0 atom stereocenters. The van der Waals surface area contributed by atoms with Gasteiger partial charge < -0.3 is 14.4 Å². The summed E-state index contributed by atoms with van der Waals surface area (Å²) in [5.41, 5.74) is 4.00. The molecule has 4 aromatic rings. The third-order valence-electron chi connectivity index (χ3n) is 7.97. The lowest BCUT2D eigenvalue weighted by Gasteiger charge is -2.38. The largest absolute Gasteiger partial charge is 0.416 e. The van der Waals surface area contributed by atoms with E-state index in [-0.39, 0.29) is 11.9 Å². The molecule has 0 aliphatic carbocycles. The first-order chi connectivity index (χ1) is 20.7. The number of likely N-dealkylation sites (tertiary alicyclic amines) is 1. The molecule has 2 aromatic carbocycles. The highest BCUT2D eigenvalue weighted by molar-refractivity contribution is 5.92. The summed E-state index contributed by atoms with van der Waals surface area (Å²) in [5, 5.41) is 0. The van der Waals surface area contributed by atoms with Crippen LogP contribution in [-0.4, -0.2) is 56.4 Å². The third-order valence-corrected chi connectivity index (χ3v) is 7.97. The number of carbonyl (C=O) groups excluding carboxylic acids is 1. The van der Waals surface area contributed by atoms with Crippen molar-refractivity contribution < 1.29 is 18.0 Å². The van der Waals surface area contributed by atoms with E-state index in [1.54, 1.807) is 24.8 Å². The Labute approximate surface area is 249 Å². The molecule has 1 amide bonds. The van der Waals surface area contributed by atoms with Gasteiger partial charge in [-0.15, -0.1) is 0 Å². The molecule has 1 saturated heterocycles. The highest BCUT2D eigenvalue weighted by Gasteiger charge is 2.30. The molecule has 5 rings (SSSR count). The van der Waals surface area contributed by atoms with E-state index in [0.29, 0.717) is 12.1 Å². The second-order valence-electron chi connectivity index (χ2n) is 10.9. The van der Waals surface area contributed by atoms with Crippen LogP contribution in [0.5, 0.6) is 0 Å². The van der Waals surface area contributed by atoms with Crippen LogP contribution >= 0.6 is 0 Å². The van der Waals surface area contributed by atoms with Gasteiger partial charge in [0.15, 0.2) is 0 Å². The molecule has 1 aliphatic heterocycles. The van der Waals surface area contributed by atoms with Crippen LogP contribution in [0.25, 0.3) is 6.08 Å². The van der Waals surface area contributed by atoms with E-state index in [4.69, 9.17) is 0 Å². The monoisotopic (exact) mass is 588 g/mol. The van der Waals surface area contributed by atoms with Gasteiger partial charge in [-0.25, -0.2) is 4.98 Å². The van der Waals surface area contributed by atoms with Crippen LogP contribution in [0, 0.1) is 0 Å². The maximum atomic E-state index is 13.6. The summed E-state index contributed by atoms with van der Waals surface area (Å²) in [5.74, 6) is -0.164. The molecule has 0 radical (unpaired) electrons. The number of rotatable bonds is 9. The van der Waals surface area contributed by atoms with E-state index >= 15 is 0 Å². The van der Waals surface area contributed by atoms with Crippen molar-refractivity contribution in [2.75, 3.05) is 25.0 Å². The zero-order valence-electron chi connectivity index (χ0n) is 24.3. The number of alkyl halides is 3. The van der Waals surface area contributed by atoms with E-state index < -0.39 is 11.7 Å². The lowest BCUT2D eigenvalue weighted by atomic mass is 10.0. The SMILES string of the molecule is CN(c1ccncc1)c1ccc(CN(C(=O)C=Cc2ccc(C(F)(F)F)cc2)C2CCN(Cc3cncn3C)CC2)cc1. The summed E-state index contributed by atoms with van der Waals surface area (Å²) in [6.45, 7) is 2.93. The maximum absolute atomic E-state index is 13.6. The summed E-state index contributed by atoms with van der Waals surface area (Å²) >= 11 is 0. The number of anilines is 2. The minimum absolute atomic E-state index is 0.0340. The zero-order chi connectivity index (χ0) is 30.4. The molecule has 3 heterocycles. The first-order valence-electron chi connectivity index (χ1n) is 14.2. The van der Waals surface area contributed by atoms with Crippen molar-refractivity contribution in [2.24, 2.45) is 7.05 Å². The van der Waals surface area contributed by atoms with Crippen molar-refractivity contribution in [2.45, 2.75) is 38.1 Å². The Balaban J connectivity index is 1.30. The Morgan fingerprint density at radius 1 is 0.953 bits per heavy atom. The van der Waals surface area contributed by atoms with Gasteiger partial charge >= 0.3 is 6.18 Å². The van der Waals surface area contributed by atoms with Crippen molar-refractivity contribution in [3.05, 3.63) is 114 Å². The molecule has 0 spiro atoms. The van der Waals surface area contributed by atoms with Gasteiger partial charge in [0.1, 0.15) is 0 Å². The number of hydrogen-bond acceptors (Lipinski definition) is 5. The Morgan fingerprint density at radius 2 is 1.60 bits per heavy atom. The molecule has 0 N–H and O–H groups in total. The molecule has 10 heteroatoms. The van der Waals surface area contributed by atoms with Gasteiger partial charge in [0, 0.05) is 82.4 Å². The normalized spacial score (nSPS) is 14.7. The second-order valence-corrected chi connectivity index (χ2v) is 10.9. The average Bonchev–Trinajstić information content (AvgIpc) is 3.43. The molecular weight excluding hydrogens is 553 g/mol. The number of nitrogens with zero attached hydrogens (tertiary/aromatic N) is 6. The Kier molecular flexibility index (Phi) is 9.25. The predicted molar refractivity (Wildman–Crippen MR) is 161 cm³/mol. The number of amides is 1. The number of piperidine rings is 1. The van der Waals surface area contributed by atoms with Gasteiger partial charge in [0.2, 0.25) is 5.91 Å². The molecular formula is C33H35F3N6O. The van der Waals surface area contributed by atoms with E-state index in [1.165, 1.54) is 18.2 Å². The quantitative estimate of drug-likeness (QED) is 0.215. The number of imidazole rings is 1. The third kappa shape index (κ3) is 7.70. The van der Waals surface area contributed by atoms with E-state index in [2.05, 4.69) is 19.8 Å². The van der Waals surface area contributed by atoms with Gasteiger partial charge in [-0.2, -0.15) is 13.2 Å². The van der Waals surface area contributed by atoms with Crippen molar-refractivity contribution in [3.8, 4) is 0 Å². The summed E-state index contributed by atoms with van der Waals surface area (Å²) < 4.78 is 40.9. The van der Waals surface area contributed by atoms with Gasteiger partial charge in [0.25, 0.3) is 0 Å². The molecule has 7 nitrogen and oxygen atoms in total. The van der Waals surface area contributed by atoms with Gasteiger partial charge in [-0.05, 0) is 66.4 Å². The predicted octanol–water partition coefficient (Wildman–Crippen LogP) is 6.31. The number of aryl methyl sites for hydroxylation is 1. The van der Waals surface area contributed by atoms with Crippen LogP contribution in [0.3, 0.4) is 0 Å². The number of hydrogen-bond donors (Lipinski definition) is 0. The van der Waals surface area contributed by atoms with E-state index in [0.717, 1.165) is 67.2 Å². The molecule has 0 unspecified atom stereocenters. The van der Waals surface area contributed by atoms with Crippen LogP contribution in [0.1, 0.15) is 35.2 Å². The molecule has 224 valence electrons. The number of carbonyl (C=O) groups is 1. The second kappa shape index (κ2) is 13.2. The van der Waals surface area contributed by atoms with Crippen molar-refractivity contribution in [3.63, 3.8) is 0 Å². The van der Waals surface area contributed by atoms with Crippen LogP contribution < -0.4 is 4.90 Å². The zero-order valence-corrected chi connectivity index (χ0v) is 24.3. The lowest BCUT2D eigenvalue weighted by Crippen LogP contribution is -2.46. The summed E-state index contributed by atoms with van der Waals surface area (Å²) in [6.07, 6.45) is 7.48. The molecule has 2 aromatic heterocycles. The fraction of sp³-hybridized carbons (Fsp3) is 0.303. The minimum atomic E-state index is -4.40. The van der Waals surface area contributed by atoms with E-state index in [9.17, 15) is 18.0 Å². The fourth-order valence-electron chi connectivity index (χ4n) is 5.33. The van der Waals surface area contributed by atoms with Crippen molar-refractivity contribution >= 4 is 23.4 Å². The smallest absolute Gasteiger partial charge is 0.345 e. The van der Waals surface area contributed by atoms with E-state index in [1.807, 2.05) is 66.2 Å². The van der Waals surface area contributed by atoms with Gasteiger partial charge in [-0.1, -0.05) is 24.3 Å². The van der Waals surface area contributed by atoms with Crippen LogP contribution in [0.2, 0.25) is 0 Å². The minimum Gasteiger partial charge on any atom is -0.345 e. The van der Waals surface area contributed by atoms with Gasteiger partial charge in [-0.3, -0.25) is 14.7 Å². The first-order valence-corrected chi connectivity index (χ1v) is 14.2. The highest BCUT2D eigenvalue weighted by atomic mass is 19.4. The van der Waals surface area contributed by atoms with Crippen molar-refractivity contribution in [1.82, 2.24) is 24.3 Å². The number of pyridine rings is 1. The summed E-state index contributed by atoms with van der Waals surface area (Å²) in [7, 11) is 3.98. The van der Waals surface area contributed by atoms with Crippen LogP contribution in [-0.2, 0) is 31.1 Å². The fourth-order valence-corrected chi connectivity index (χ4v) is 5.33. The lowest BCUT2D eigenvalue weighted by molar-refractivity contribution is -0.137. The Bertz CT molecular complexity index is 1510. The molecule has 1 fully saturated rings. The Hall–Kier alpha value is -4.44. The number of aromatic nitrogens is 3. The molecule has 0 saturated carbocycles. The van der Waals surface area contributed by atoms with Crippen molar-refractivity contribution in [1.29, 1.82) is 0 Å². The number of benzene rings is 2. The average molecular weight is 589 g/mol. The number of halogens is 3. The topological polar surface area (TPSA) is 57.5 Å². The van der Waals surface area contributed by atoms with Crippen LogP contribution in [0.4, 0.5) is 24.5 Å². The molecule has 43 heavy (non-hydrogen) atoms. The van der Waals surface area contributed by atoms with Crippen LogP contribution in [0.15, 0.2) is 91.7 Å². The standard InChI is InChI=1S/C33H35F3N6O/c1-39-24-38-21-31(39)23-41-19-15-30(16-20-41)42(32(43)12-7-25-3-8-27(9-4-25)33(34,35)36)22-26-5-10-28(11-6-26)40(2)29-13-17-37-18-14-29/h3-14,17-18,21,24,30H,15-16,19-20,22-23H2,1-2H3. The first kappa shape index (κ1) is 30.0. The molecule has 1 aliphatic rings. The summed E-state index contributed by atoms with van der Waals surface area (Å²) in [4.78, 5) is 28.2.